The zero-order chi connectivity index (χ0) is 16.4. The molecule has 3 N–H and O–H groups in total. The van der Waals surface area contributed by atoms with Crippen molar-refractivity contribution >= 4 is 17.5 Å². The number of aromatic nitrogens is 2. The largest absolute Gasteiger partial charge is 0.493 e. The van der Waals surface area contributed by atoms with E-state index in [1.165, 1.54) is 18.4 Å². The van der Waals surface area contributed by atoms with Gasteiger partial charge in [0.05, 0.1) is 18.9 Å². The summed E-state index contributed by atoms with van der Waals surface area (Å²) >= 11 is 0. The van der Waals surface area contributed by atoms with E-state index in [0.29, 0.717) is 17.1 Å². The number of hydrogen-bond acceptors (Lipinski definition) is 5. The Balaban J connectivity index is 2.44. The Morgan fingerprint density at radius 3 is 2.68 bits per heavy atom. The lowest BCUT2D eigenvalue weighted by Gasteiger charge is -2.17. The minimum Gasteiger partial charge on any atom is -0.493 e. The Kier molecular flexibility index (Phi) is 4.32. The number of hydrogen-bond donors (Lipinski definition) is 3. The first-order valence-corrected chi connectivity index (χ1v) is 6.60. The fourth-order valence-electron chi connectivity index (χ4n) is 2.19. The second kappa shape index (κ2) is 6.02. The van der Waals surface area contributed by atoms with Crippen LogP contribution in [0.2, 0.25) is 0 Å². The van der Waals surface area contributed by atoms with Crippen LogP contribution in [0.1, 0.15) is 23.1 Å². The summed E-state index contributed by atoms with van der Waals surface area (Å²) in [7, 11) is 1.49. The molecule has 2 rings (SSSR count). The molecule has 118 valence electrons. The third kappa shape index (κ3) is 2.73. The Hall–Kier alpha value is -2.61. The lowest BCUT2D eigenvalue weighted by atomic mass is 10.1. The van der Waals surface area contributed by atoms with Gasteiger partial charge in [0.2, 0.25) is 0 Å². The molecule has 2 aromatic heterocycles. The van der Waals surface area contributed by atoms with E-state index in [4.69, 9.17) is 9.84 Å². The summed E-state index contributed by atoms with van der Waals surface area (Å²) in [4.78, 5) is 27.7. The van der Waals surface area contributed by atoms with Crippen molar-refractivity contribution < 1.29 is 24.5 Å². The normalized spacial score (nSPS) is 13.6. The molecule has 0 aliphatic rings. The second-order valence-corrected chi connectivity index (χ2v) is 4.85. The summed E-state index contributed by atoms with van der Waals surface area (Å²) in [5.74, 6) is -1.45. The lowest BCUT2D eigenvalue weighted by molar-refractivity contribution is -0.141. The summed E-state index contributed by atoms with van der Waals surface area (Å²) < 4.78 is 6.70. The number of pyridine rings is 1. The molecule has 0 saturated carbocycles. The molecule has 2 aromatic rings. The van der Waals surface area contributed by atoms with Crippen LogP contribution in [-0.4, -0.2) is 50.7 Å². The van der Waals surface area contributed by atoms with Gasteiger partial charge in [-0.15, -0.1) is 0 Å². The van der Waals surface area contributed by atoms with Gasteiger partial charge in [-0.2, -0.15) is 0 Å². The maximum absolute atomic E-state index is 12.4. The fourth-order valence-corrected chi connectivity index (χ4v) is 2.19. The lowest BCUT2D eigenvalue weighted by Crippen LogP contribution is -2.48. The van der Waals surface area contributed by atoms with Crippen LogP contribution in [0, 0.1) is 6.92 Å². The molecule has 0 radical (unpaired) electrons. The van der Waals surface area contributed by atoms with Crippen LogP contribution in [-0.2, 0) is 4.79 Å². The zero-order valence-electron chi connectivity index (χ0n) is 12.4. The van der Waals surface area contributed by atoms with E-state index in [1.54, 1.807) is 25.3 Å². The maximum atomic E-state index is 12.4. The highest BCUT2D eigenvalue weighted by atomic mass is 16.5. The summed E-state index contributed by atoms with van der Waals surface area (Å²) in [5.41, 5.74) is 1.08. The van der Waals surface area contributed by atoms with Crippen molar-refractivity contribution in [2.45, 2.75) is 26.0 Å². The molecule has 0 saturated heterocycles. The molecule has 0 aliphatic carbocycles. The number of methoxy groups -OCH3 is 1. The minimum absolute atomic E-state index is 0.195. The van der Waals surface area contributed by atoms with Gasteiger partial charge in [-0.05, 0) is 26.0 Å². The van der Waals surface area contributed by atoms with Gasteiger partial charge in [0.1, 0.15) is 5.69 Å². The molecule has 1 amide bonds. The van der Waals surface area contributed by atoms with Crippen LogP contribution in [0.25, 0.3) is 5.65 Å². The van der Waals surface area contributed by atoms with E-state index < -0.39 is 24.0 Å². The Labute approximate surface area is 126 Å². The van der Waals surface area contributed by atoms with E-state index in [-0.39, 0.29) is 5.69 Å². The highest BCUT2D eigenvalue weighted by molar-refractivity contribution is 5.97. The van der Waals surface area contributed by atoms with Crippen LogP contribution in [0.3, 0.4) is 0 Å². The maximum Gasteiger partial charge on any atom is 0.328 e. The topological polar surface area (TPSA) is 113 Å². The number of nitrogens with one attached hydrogen (secondary N) is 1. The van der Waals surface area contributed by atoms with Gasteiger partial charge < -0.3 is 20.3 Å². The number of carboxylic acid groups (broad SMARTS) is 1. The third-order valence-electron chi connectivity index (χ3n) is 3.26. The predicted octanol–water partition coefficient (Wildman–Crippen LogP) is 0.215. The first kappa shape index (κ1) is 15.8. The highest BCUT2D eigenvalue weighted by Crippen LogP contribution is 2.21. The van der Waals surface area contributed by atoms with E-state index in [2.05, 4.69) is 10.3 Å². The van der Waals surface area contributed by atoms with Gasteiger partial charge in [0.15, 0.2) is 17.4 Å². The van der Waals surface area contributed by atoms with E-state index in [9.17, 15) is 14.7 Å². The summed E-state index contributed by atoms with van der Waals surface area (Å²) in [6.45, 7) is 2.93. The number of amides is 1. The number of aryl methyl sites for hydroxylation is 1. The molecule has 0 bridgehead atoms. The molecule has 22 heavy (non-hydrogen) atoms. The standard InChI is InChI=1S/C14H17N3O5/c1-7-11(13(19)16-10(8(2)18)14(20)21)17-6-4-5-9(22-3)12(17)15-7/h4-6,8,10,18H,1-3H3,(H,16,19)(H,20,21). The number of ether oxygens (including phenoxy) is 1. The Morgan fingerprint density at radius 1 is 1.45 bits per heavy atom. The van der Waals surface area contributed by atoms with Gasteiger partial charge in [0.25, 0.3) is 5.91 Å². The number of fused-ring (bicyclic) bond motifs is 1. The molecular weight excluding hydrogens is 290 g/mol. The van der Waals surface area contributed by atoms with Crippen molar-refractivity contribution in [3.05, 3.63) is 29.7 Å². The molecule has 8 heteroatoms. The monoisotopic (exact) mass is 307 g/mol. The van der Waals surface area contributed by atoms with Gasteiger partial charge in [-0.1, -0.05) is 0 Å². The number of carboxylic acids is 1. The van der Waals surface area contributed by atoms with Gasteiger partial charge >= 0.3 is 5.97 Å². The first-order chi connectivity index (χ1) is 10.4. The molecule has 8 nitrogen and oxygen atoms in total. The fraction of sp³-hybridized carbons (Fsp3) is 0.357. The molecule has 2 atom stereocenters. The predicted molar refractivity (Wildman–Crippen MR) is 77.1 cm³/mol. The Morgan fingerprint density at radius 2 is 2.14 bits per heavy atom. The summed E-state index contributed by atoms with van der Waals surface area (Å²) in [6, 6.07) is 2.00. The zero-order valence-corrected chi connectivity index (χ0v) is 12.4. The molecule has 2 unspecified atom stereocenters. The van der Waals surface area contributed by atoms with Gasteiger partial charge in [-0.3, -0.25) is 9.20 Å². The molecule has 0 fully saturated rings. The number of rotatable bonds is 5. The number of carbonyl (C=O) groups is 2. The van der Waals surface area contributed by atoms with Gasteiger partial charge in [-0.25, -0.2) is 9.78 Å². The molecular formula is C14H17N3O5. The van der Waals surface area contributed by atoms with Crippen molar-refractivity contribution in [1.82, 2.24) is 14.7 Å². The SMILES string of the molecule is COc1cccn2c(C(=O)NC(C(=O)O)C(C)O)c(C)nc12. The number of imidazole rings is 1. The molecule has 0 spiro atoms. The Bertz CT molecular complexity index is 723. The molecule has 0 aliphatic heterocycles. The number of nitrogens with zero attached hydrogens (tertiary/aromatic N) is 2. The average Bonchev–Trinajstić information content (AvgIpc) is 2.79. The van der Waals surface area contributed by atoms with Crippen molar-refractivity contribution in [3.8, 4) is 5.75 Å². The number of aliphatic hydroxyl groups is 1. The van der Waals surface area contributed by atoms with Crippen molar-refractivity contribution in [2.24, 2.45) is 0 Å². The van der Waals surface area contributed by atoms with Crippen molar-refractivity contribution in [1.29, 1.82) is 0 Å². The van der Waals surface area contributed by atoms with E-state index in [0.717, 1.165) is 0 Å². The third-order valence-corrected chi connectivity index (χ3v) is 3.26. The highest BCUT2D eigenvalue weighted by Gasteiger charge is 2.28. The molecule has 2 heterocycles. The molecule has 0 aromatic carbocycles. The number of carbonyl (C=O) groups excluding carboxylic acids is 1. The van der Waals surface area contributed by atoms with Crippen LogP contribution in [0.5, 0.6) is 5.75 Å². The van der Waals surface area contributed by atoms with Crippen molar-refractivity contribution in [2.75, 3.05) is 7.11 Å². The van der Waals surface area contributed by atoms with Crippen molar-refractivity contribution in [3.63, 3.8) is 0 Å². The first-order valence-electron chi connectivity index (χ1n) is 6.60. The number of aliphatic carboxylic acids is 1. The average molecular weight is 307 g/mol. The van der Waals surface area contributed by atoms with E-state index in [1.807, 2.05) is 0 Å². The van der Waals surface area contributed by atoms with Crippen LogP contribution in [0.4, 0.5) is 0 Å². The quantitative estimate of drug-likeness (QED) is 0.728. The second-order valence-electron chi connectivity index (χ2n) is 4.85. The number of aliphatic hydroxyl groups excluding tert-OH is 1. The van der Waals surface area contributed by atoms with Crippen LogP contribution in [0.15, 0.2) is 18.3 Å². The summed E-state index contributed by atoms with van der Waals surface area (Å²) in [6.07, 6.45) is 0.403. The smallest absolute Gasteiger partial charge is 0.328 e. The van der Waals surface area contributed by atoms with E-state index >= 15 is 0 Å². The summed E-state index contributed by atoms with van der Waals surface area (Å²) in [5, 5.41) is 20.8. The van der Waals surface area contributed by atoms with Crippen LogP contribution >= 0.6 is 0 Å². The minimum atomic E-state index is -1.40. The van der Waals surface area contributed by atoms with Gasteiger partial charge in [0, 0.05) is 6.20 Å². The van der Waals surface area contributed by atoms with Crippen LogP contribution < -0.4 is 10.1 Å².